The molecule has 0 saturated carbocycles. The van der Waals surface area contributed by atoms with Crippen molar-refractivity contribution in [1.82, 2.24) is 4.98 Å². The van der Waals surface area contributed by atoms with Gasteiger partial charge in [-0.25, -0.2) is 0 Å². The molecule has 1 atom stereocenters. The number of rotatable bonds is 4. The lowest BCUT2D eigenvalue weighted by Gasteiger charge is -2.08. The Labute approximate surface area is 102 Å². The molecule has 1 aromatic carbocycles. The molecule has 0 aliphatic heterocycles. The first kappa shape index (κ1) is 11.8. The molecule has 0 saturated heterocycles. The minimum absolute atomic E-state index is 0.223. The van der Waals surface area contributed by atoms with Gasteiger partial charge in [-0.3, -0.25) is 4.98 Å². The van der Waals surface area contributed by atoms with Crippen LogP contribution in [0.5, 0.6) is 0 Å². The number of nitrogens with zero attached hydrogens (tertiary/aromatic N) is 1. The molecule has 0 bridgehead atoms. The molecule has 2 rings (SSSR count). The molecule has 0 amide bonds. The van der Waals surface area contributed by atoms with Gasteiger partial charge in [-0.15, -0.1) is 0 Å². The van der Waals surface area contributed by atoms with Gasteiger partial charge in [0, 0.05) is 18.4 Å². The van der Waals surface area contributed by atoms with Crippen LogP contribution in [0.4, 0.5) is 0 Å². The summed E-state index contributed by atoms with van der Waals surface area (Å²) in [4.78, 5) is 4.45. The number of aliphatic hydroxyl groups is 1. The van der Waals surface area contributed by atoms with Gasteiger partial charge in [0.1, 0.15) is 0 Å². The molecule has 1 unspecified atom stereocenters. The Balaban J connectivity index is 2.13. The van der Waals surface area contributed by atoms with E-state index in [1.54, 1.807) is 0 Å². The second kappa shape index (κ2) is 5.60. The van der Waals surface area contributed by atoms with Crippen molar-refractivity contribution in [2.24, 2.45) is 5.92 Å². The molecule has 0 aliphatic carbocycles. The van der Waals surface area contributed by atoms with Gasteiger partial charge in [-0.1, -0.05) is 43.3 Å². The van der Waals surface area contributed by atoms with Crippen molar-refractivity contribution in [1.29, 1.82) is 0 Å². The maximum absolute atomic E-state index is 9.01. The van der Waals surface area contributed by atoms with E-state index in [0.29, 0.717) is 5.92 Å². The zero-order valence-electron chi connectivity index (χ0n) is 10.0. The van der Waals surface area contributed by atoms with Crippen molar-refractivity contribution < 1.29 is 5.11 Å². The number of benzene rings is 1. The first-order valence-corrected chi connectivity index (χ1v) is 5.91. The molecule has 0 aliphatic rings. The van der Waals surface area contributed by atoms with E-state index >= 15 is 0 Å². The van der Waals surface area contributed by atoms with Crippen LogP contribution in [0.3, 0.4) is 0 Å². The van der Waals surface area contributed by atoms with Gasteiger partial charge >= 0.3 is 0 Å². The zero-order chi connectivity index (χ0) is 12.1. The van der Waals surface area contributed by atoms with Crippen LogP contribution in [-0.4, -0.2) is 16.7 Å². The number of aromatic nitrogens is 1. The van der Waals surface area contributed by atoms with Crippen molar-refractivity contribution in [3.05, 3.63) is 54.2 Å². The first-order valence-electron chi connectivity index (χ1n) is 5.91. The topological polar surface area (TPSA) is 33.1 Å². The Kier molecular flexibility index (Phi) is 3.89. The van der Waals surface area contributed by atoms with E-state index in [1.807, 2.05) is 37.4 Å². The second-order valence-corrected chi connectivity index (χ2v) is 4.41. The van der Waals surface area contributed by atoms with Crippen molar-refractivity contribution in [3.63, 3.8) is 0 Å². The zero-order valence-corrected chi connectivity index (χ0v) is 10.0. The van der Waals surface area contributed by atoms with Crippen LogP contribution in [0, 0.1) is 5.92 Å². The van der Waals surface area contributed by atoms with Crippen molar-refractivity contribution >= 4 is 0 Å². The normalized spacial score (nSPS) is 12.4. The molecule has 0 radical (unpaired) electrons. The molecule has 2 heteroatoms. The molecule has 2 nitrogen and oxygen atoms in total. The lowest BCUT2D eigenvalue weighted by atomic mass is 10.0. The van der Waals surface area contributed by atoms with Gasteiger partial charge in [0.25, 0.3) is 0 Å². The summed E-state index contributed by atoms with van der Waals surface area (Å²) in [6.07, 6.45) is 2.77. The molecule has 88 valence electrons. The van der Waals surface area contributed by atoms with E-state index in [2.05, 4.69) is 23.2 Å². The van der Waals surface area contributed by atoms with Crippen LogP contribution in [0.1, 0.15) is 12.5 Å². The number of aliphatic hydroxyl groups excluding tert-OH is 1. The van der Waals surface area contributed by atoms with E-state index in [-0.39, 0.29) is 6.61 Å². The molecule has 0 fully saturated rings. The molecule has 17 heavy (non-hydrogen) atoms. The Morgan fingerprint density at radius 3 is 2.47 bits per heavy atom. The smallest absolute Gasteiger partial charge is 0.0702 e. The Morgan fingerprint density at radius 2 is 1.88 bits per heavy atom. The van der Waals surface area contributed by atoms with Crippen LogP contribution in [0.15, 0.2) is 48.7 Å². The van der Waals surface area contributed by atoms with E-state index in [9.17, 15) is 0 Å². The van der Waals surface area contributed by atoms with Gasteiger partial charge in [0.05, 0.1) is 5.69 Å². The highest BCUT2D eigenvalue weighted by atomic mass is 16.3. The maximum Gasteiger partial charge on any atom is 0.0702 e. The Hall–Kier alpha value is -1.67. The second-order valence-electron chi connectivity index (χ2n) is 4.41. The third kappa shape index (κ3) is 3.14. The van der Waals surface area contributed by atoms with Crippen LogP contribution in [-0.2, 0) is 6.42 Å². The van der Waals surface area contributed by atoms with Gasteiger partial charge < -0.3 is 5.11 Å². The van der Waals surface area contributed by atoms with E-state index in [0.717, 1.165) is 17.7 Å². The summed E-state index contributed by atoms with van der Waals surface area (Å²) in [7, 11) is 0. The molecule has 1 aromatic heterocycles. The van der Waals surface area contributed by atoms with Crippen LogP contribution >= 0.6 is 0 Å². The fourth-order valence-corrected chi connectivity index (χ4v) is 1.79. The van der Waals surface area contributed by atoms with Gasteiger partial charge in [-0.2, -0.15) is 0 Å². The number of hydrogen-bond donors (Lipinski definition) is 1. The summed E-state index contributed by atoms with van der Waals surface area (Å²) in [5.41, 5.74) is 3.30. The van der Waals surface area contributed by atoms with Gasteiger partial charge in [0.2, 0.25) is 0 Å². The third-order valence-electron chi connectivity index (χ3n) is 2.79. The van der Waals surface area contributed by atoms with E-state index in [4.69, 9.17) is 5.11 Å². The average Bonchev–Trinajstić information content (AvgIpc) is 2.40. The Morgan fingerprint density at radius 1 is 1.12 bits per heavy atom. The van der Waals surface area contributed by atoms with Crippen LogP contribution in [0.2, 0.25) is 0 Å². The summed E-state index contributed by atoms with van der Waals surface area (Å²) >= 11 is 0. The van der Waals surface area contributed by atoms with Crippen molar-refractivity contribution in [2.45, 2.75) is 13.3 Å². The molecular formula is C15H17NO. The largest absolute Gasteiger partial charge is 0.396 e. The third-order valence-corrected chi connectivity index (χ3v) is 2.79. The lowest BCUT2D eigenvalue weighted by molar-refractivity contribution is 0.237. The minimum Gasteiger partial charge on any atom is -0.396 e. The van der Waals surface area contributed by atoms with Crippen LogP contribution in [0.25, 0.3) is 11.3 Å². The van der Waals surface area contributed by atoms with Crippen molar-refractivity contribution in [2.75, 3.05) is 6.61 Å². The van der Waals surface area contributed by atoms with Gasteiger partial charge in [-0.05, 0) is 24.0 Å². The molecule has 1 heterocycles. The molecule has 1 N–H and O–H groups in total. The number of pyridine rings is 1. The van der Waals surface area contributed by atoms with E-state index in [1.165, 1.54) is 5.56 Å². The summed E-state index contributed by atoms with van der Waals surface area (Å²) < 4.78 is 0. The highest BCUT2D eigenvalue weighted by molar-refractivity contribution is 5.58. The SMILES string of the molecule is CC(CO)Cc1ccc(-c2ccccc2)nc1. The molecule has 0 spiro atoms. The lowest BCUT2D eigenvalue weighted by Crippen LogP contribution is -2.04. The Bertz CT molecular complexity index is 450. The maximum atomic E-state index is 9.01. The first-order chi connectivity index (χ1) is 8.29. The summed E-state index contributed by atoms with van der Waals surface area (Å²) in [6, 6.07) is 14.3. The fourth-order valence-electron chi connectivity index (χ4n) is 1.79. The standard InChI is InChI=1S/C15H17NO/c1-12(11-17)9-13-7-8-15(16-10-13)14-5-3-2-4-6-14/h2-8,10,12,17H,9,11H2,1H3. The highest BCUT2D eigenvalue weighted by Crippen LogP contribution is 2.17. The summed E-state index contributed by atoms with van der Waals surface area (Å²) in [5, 5.41) is 9.01. The van der Waals surface area contributed by atoms with Crippen molar-refractivity contribution in [3.8, 4) is 11.3 Å². The fraction of sp³-hybridized carbons (Fsp3) is 0.267. The monoisotopic (exact) mass is 227 g/mol. The molecule has 2 aromatic rings. The highest BCUT2D eigenvalue weighted by Gasteiger charge is 2.03. The number of hydrogen-bond acceptors (Lipinski definition) is 2. The van der Waals surface area contributed by atoms with E-state index < -0.39 is 0 Å². The quantitative estimate of drug-likeness (QED) is 0.871. The van der Waals surface area contributed by atoms with Crippen LogP contribution < -0.4 is 0 Å². The predicted octanol–water partition coefficient (Wildman–Crippen LogP) is 2.92. The summed E-state index contributed by atoms with van der Waals surface area (Å²) in [5.74, 6) is 0.291. The summed E-state index contributed by atoms with van der Waals surface area (Å²) in [6.45, 7) is 2.26. The predicted molar refractivity (Wildman–Crippen MR) is 69.6 cm³/mol. The minimum atomic E-state index is 0.223. The van der Waals surface area contributed by atoms with Gasteiger partial charge in [0.15, 0.2) is 0 Å². The molecular weight excluding hydrogens is 210 g/mol. The average molecular weight is 227 g/mol.